The zero-order valence-electron chi connectivity index (χ0n) is 6.67. The van der Waals surface area contributed by atoms with Crippen LogP contribution in [0.15, 0.2) is 0 Å². The molecule has 0 aromatic rings. The Labute approximate surface area is 62.4 Å². The summed E-state index contributed by atoms with van der Waals surface area (Å²) in [6.07, 6.45) is 0. The summed E-state index contributed by atoms with van der Waals surface area (Å²) >= 11 is 0. The van der Waals surface area contributed by atoms with Crippen LogP contribution in [0.1, 0.15) is 6.92 Å². The van der Waals surface area contributed by atoms with Crippen LogP contribution in [0.25, 0.3) is 0 Å². The van der Waals surface area contributed by atoms with Crippen molar-refractivity contribution in [1.82, 2.24) is 4.90 Å². The van der Waals surface area contributed by atoms with Gasteiger partial charge in [0, 0.05) is 19.6 Å². The van der Waals surface area contributed by atoms with Crippen LogP contribution in [-0.2, 0) is 0 Å². The number of rotatable bonds is 4. The molecule has 0 rings (SSSR count). The number of hydrogen-bond acceptors (Lipinski definition) is 3. The summed E-state index contributed by atoms with van der Waals surface area (Å²) in [5.41, 5.74) is 5.32. The molecule has 0 aliphatic rings. The zero-order chi connectivity index (χ0) is 7.98. The average Bonchev–Trinajstić information content (AvgIpc) is 1.88. The van der Waals surface area contributed by atoms with Crippen molar-refractivity contribution >= 4 is 0 Å². The van der Waals surface area contributed by atoms with E-state index < -0.39 is 0 Å². The third-order valence-corrected chi connectivity index (χ3v) is 1.32. The van der Waals surface area contributed by atoms with Gasteiger partial charge in [-0.1, -0.05) is 0 Å². The van der Waals surface area contributed by atoms with Crippen molar-refractivity contribution in [3.05, 3.63) is 0 Å². The Morgan fingerprint density at radius 3 is 2.70 bits per heavy atom. The van der Waals surface area contributed by atoms with Gasteiger partial charge in [-0.25, -0.2) is 0 Å². The van der Waals surface area contributed by atoms with E-state index in [1.165, 1.54) is 0 Å². The maximum Gasteiger partial charge on any atom is 0.0666 e. The van der Waals surface area contributed by atoms with Crippen LogP contribution in [0, 0.1) is 17.2 Å². The highest BCUT2D eigenvalue weighted by Crippen LogP contribution is 1.93. The Morgan fingerprint density at radius 2 is 2.30 bits per heavy atom. The third-order valence-electron chi connectivity index (χ3n) is 1.32. The summed E-state index contributed by atoms with van der Waals surface area (Å²) in [5, 5.41) is 8.44. The Bertz CT molecular complexity index is 117. The van der Waals surface area contributed by atoms with Crippen molar-refractivity contribution in [2.45, 2.75) is 6.92 Å². The maximum atomic E-state index is 8.44. The molecule has 0 aromatic heterocycles. The number of nitrogens with two attached hydrogens (primary N) is 1. The third kappa shape index (κ3) is 4.30. The largest absolute Gasteiger partial charge is 0.329 e. The number of nitriles is 1. The van der Waals surface area contributed by atoms with Gasteiger partial charge in [0.05, 0.1) is 12.0 Å². The van der Waals surface area contributed by atoms with Gasteiger partial charge in [0.25, 0.3) is 0 Å². The topological polar surface area (TPSA) is 53.0 Å². The minimum absolute atomic E-state index is 0.108. The van der Waals surface area contributed by atoms with Crippen LogP contribution in [0.2, 0.25) is 0 Å². The fraction of sp³-hybridized carbons (Fsp3) is 0.857. The van der Waals surface area contributed by atoms with Crippen molar-refractivity contribution in [3.8, 4) is 6.07 Å². The maximum absolute atomic E-state index is 8.44. The molecule has 0 saturated carbocycles. The van der Waals surface area contributed by atoms with Gasteiger partial charge in [0.2, 0.25) is 0 Å². The SMILES string of the molecule is CC(C#N)CN(C)CCN. The zero-order valence-corrected chi connectivity index (χ0v) is 6.67. The highest BCUT2D eigenvalue weighted by atomic mass is 15.1. The van der Waals surface area contributed by atoms with E-state index in [1.807, 2.05) is 14.0 Å². The normalized spacial score (nSPS) is 13.1. The van der Waals surface area contributed by atoms with Crippen LogP contribution in [-0.4, -0.2) is 31.6 Å². The van der Waals surface area contributed by atoms with Gasteiger partial charge >= 0.3 is 0 Å². The molecule has 2 N–H and O–H groups in total. The van der Waals surface area contributed by atoms with Crippen molar-refractivity contribution in [3.63, 3.8) is 0 Å². The minimum Gasteiger partial charge on any atom is -0.329 e. The predicted molar refractivity (Wildman–Crippen MR) is 41.3 cm³/mol. The van der Waals surface area contributed by atoms with Crippen LogP contribution in [0.3, 0.4) is 0 Å². The summed E-state index contributed by atoms with van der Waals surface area (Å²) in [6.45, 7) is 4.25. The summed E-state index contributed by atoms with van der Waals surface area (Å²) < 4.78 is 0. The summed E-state index contributed by atoms with van der Waals surface area (Å²) in [4.78, 5) is 2.06. The van der Waals surface area contributed by atoms with E-state index in [9.17, 15) is 0 Å². The van der Waals surface area contributed by atoms with Gasteiger partial charge < -0.3 is 10.6 Å². The molecule has 0 fully saturated rings. The number of hydrogen-bond donors (Lipinski definition) is 1. The quantitative estimate of drug-likeness (QED) is 0.601. The molecule has 10 heavy (non-hydrogen) atoms. The van der Waals surface area contributed by atoms with E-state index in [4.69, 9.17) is 11.0 Å². The molecule has 0 heterocycles. The molecule has 0 aliphatic carbocycles. The van der Waals surface area contributed by atoms with E-state index in [0.29, 0.717) is 6.54 Å². The predicted octanol–water partition coefficient (Wildman–Crippen LogP) is 0.0366. The molecule has 0 saturated heterocycles. The first-order valence-electron chi connectivity index (χ1n) is 3.49. The first kappa shape index (κ1) is 9.41. The Kier molecular flexibility index (Phi) is 4.91. The van der Waals surface area contributed by atoms with Crippen LogP contribution in [0.5, 0.6) is 0 Å². The van der Waals surface area contributed by atoms with E-state index in [1.54, 1.807) is 0 Å². The lowest BCUT2D eigenvalue weighted by Crippen LogP contribution is -2.29. The van der Waals surface area contributed by atoms with Crippen LogP contribution >= 0.6 is 0 Å². The Morgan fingerprint density at radius 1 is 1.70 bits per heavy atom. The lowest BCUT2D eigenvalue weighted by atomic mass is 10.2. The summed E-state index contributed by atoms with van der Waals surface area (Å²) in [6, 6.07) is 2.17. The lowest BCUT2D eigenvalue weighted by molar-refractivity contribution is 0.319. The van der Waals surface area contributed by atoms with E-state index in [-0.39, 0.29) is 5.92 Å². The molecule has 0 radical (unpaired) electrons. The second-order valence-electron chi connectivity index (χ2n) is 2.58. The van der Waals surface area contributed by atoms with Gasteiger partial charge in [0.1, 0.15) is 0 Å². The molecule has 0 aromatic carbocycles. The van der Waals surface area contributed by atoms with Gasteiger partial charge in [-0.3, -0.25) is 0 Å². The molecule has 0 amide bonds. The standard InChI is InChI=1S/C7H15N3/c1-7(5-9)6-10(2)4-3-8/h7H,3-4,6,8H2,1-2H3. The number of likely N-dealkylation sites (N-methyl/N-ethyl adjacent to an activating group) is 1. The van der Waals surface area contributed by atoms with Gasteiger partial charge in [-0.05, 0) is 14.0 Å². The summed E-state index contributed by atoms with van der Waals surface area (Å²) in [7, 11) is 1.97. The molecule has 0 spiro atoms. The fourth-order valence-electron chi connectivity index (χ4n) is 0.820. The first-order chi connectivity index (χ1) is 4.70. The molecular formula is C7H15N3. The Hall–Kier alpha value is -0.590. The molecule has 3 nitrogen and oxygen atoms in total. The van der Waals surface area contributed by atoms with Crippen molar-refractivity contribution in [1.29, 1.82) is 5.26 Å². The highest BCUT2D eigenvalue weighted by molar-refractivity contribution is 4.80. The second-order valence-corrected chi connectivity index (χ2v) is 2.58. The summed E-state index contributed by atoms with van der Waals surface area (Å²) in [5.74, 6) is 0.108. The van der Waals surface area contributed by atoms with Crippen molar-refractivity contribution in [2.75, 3.05) is 26.7 Å². The van der Waals surface area contributed by atoms with Crippen molar-refractivity contribution in [2.24, 2.45) is 11.7 Å². The molecule has 1 unspecified atom stereocenters. The monoisotopic (exact) mass is 141 g/mol. The Balaban J connectivity index is 3.39. The molecular weight excluding hydrogens is 126 g/mol. The molecule has 58 valence electrons. The molecule has 3 heteroatoms. The lowest BCUT2D eigenvalue weighted by Gasteiger charge is -2.15. The minimum atomic E-state index is 0.108. The smallest absolute Gasteiger partial charge is 0.0666 e. The van der Waals surface area contributed by atoms with Gasteiger partial charge in [0.15, 0.2) is 0 Å². The van der Waals surface area contributed by atoms with Crippen LogP contribution in [0.4, 0.5) is 0 Å². The van der Waals surface area contributed by atoms with E-state index >= 15 is 0 Å². The molecule has 0 aliphatic heterocycles. The average molecular weight is 141 g/mol. The number of nitrogens with zero attached hydrogens (tertiary/aromatic N) is 2. The van der Waals surface area contributed by atoms with Gasteiger partial charge in [-0.15, -0.1) is 0 Å². The van der Waals surface area contributed by atoms with Crippen LogP contribution < -0.4 is 5.73 Å². The van der Waals surface area contributed by atoms with Crippen molar-refractivity contribution < 1.29 is 0 Å². The second kappa shape index (κ2) is 5.21. The van der Waals surface area contributed by atoms with E-state index in [2.05, 4.69) is 11.0 Å². The highest BCUT2D eigenvalue weighted by Gasteiger charge is 2.02. The van der Waals surface area contributed by atoms with E-state index in [0.717, 1.165) is 13.1 Å². The first-order valence-corrected chi connectivity index (χ1v) is 3.49. The van der Waals surface area contributed by atoms with Gasteiger partial charge in [-0.2, -0.15) is 5.26 Å². The molecule has 0 bridgehead atoms. The molecule has 1 atom stereocenters. The fourth-order valence-corrected chi connectivity index (χ4v) is 0.820.